The third-order valence-corrected chi connectivity index (χ3v) is 3.34. The van der Waals surface area contributed by atoms with Crippen molar-refractivity contribution in [3.05, 3.63) is 45.9 Å². The Hall–Kier alpha value is -1.06. The highest BCUT2D eigenvalue weighted by molar-refractivity contribution is 7.09. The SMILES string of the molecule is CCCc1csc(Cc2ccc(N)cc2)n1.Cl. The second-order valence-electron chi connectivity index (χ2n) is 3.90. The Kier molecular flexibility index (Phi) is 5.45. The number of thiazole rings is 1. The van der Waals surface area contributed by atoms with E-state index in [0.717, 1.165) is 24.9 Å². The molecule has 0 fully saturated rings. The predicted octanol–water partition coefficient (Wildman–Crippen LogP) is 3.69. The first-order valence-corrected chi connectivity index (χ1v) is 6.43. The van der Waals surface area contributed by atoms with Crippen molar-refractivity contribution < 1.29 is 0 Å². The van der Waals surface area contributed by atoms with Crippen LogP contribution >= 0.6 is 23.7 Å². The van der Waals surface area contributed by atoms with E-state index < -0.39 is 0 Å². The first-order chi connectivity index (χ1) is 7.78. The van der Waals surface area contributed by atoms with Crippen LogP contribution < -0.4 is 5.73 Å². The molecule has 0 amide bonds. The quantitative estimate of drug-likeness (QED) is 0.859. The van der Waals surface area contributed by atoms with Crippen LogP contribution in [-0.4, -0.2) is 4.98 Å². The molecule has 0 radical (unpaired) electrons. The van der Waals surface area contributed by atoms with Gasteiger partial charge in [0.1, 0.15) is 0 Å². The number of aryl methyl sites for hydroxylation is 1. The van der Waals surface area contributed by atoms with Gasteiger partial charge in [-0.3, -0.25) is 0 Å². The average Bonchev–Trinajstić information content (AvgIpc) is 2.70. The Bertz CT molecular complexity index is 451. The van der Waals surface area contributed by atoms with Crippen LogP contribution in [0.2, 0.25) is 0 Å². The minimum Gasteiger partial charge on any atom is -0.399 e. The maximum atomic E-state index is 5.65. The highest BCUT2D eigenvalue weighted by atomic mass is 35.5. The molecule has 1 aromatic carbocycles. The van der Waals surface area contributed by atoms with Crippen LogP contribution in [0, 0.1) is 0 Å². The average molecular weight is 269 g/mol. The second kappa shape index (κ2) is 6.62. The summed E-state index contributed by atoms with van der Waals surface area (Å²) in [6.45, 7) is 2.18. The monoisotopic (exact) mass is 268 g/mol. The Morgan fingerprint density at radius 3 is 2.59 bits per heavy atom. The third kappa shape index (κ3) is 4.02. The Morgan fingerprint density at radius 2 is 1.94 bits per heavy atom. The van der Waals surface area contributed by atoms with Gasteiger partial charge < -0.3 is 5.73 Å². The molecule has 92 valence electrons. The normalized spacial score (nSPS) is 9.94. The molecule has 2 rings (SSSR count). The van der Waals surface area contributed by atoms with E-state index in [1.807, 2.05) is 12.1 Å². The Balaban J connectivity index is 0.00000144. The van der Waals surface area contributed by atoms with Crippen molar-refractivity contribution >= 4 is 29.4 Å². The van der Waals surface area contributed by atoms with Crippen LogP contribution in [0.3, 0.4) is 0 Å². The van der Waals surface area contributed by atoms with Gasteiger partial charge in [0.25, 0.3) is 0 Å². The van der Waals surface area contributed by atoms with Crippen LogP contribution in [-0.2, 0) is 12.8 Å². The van der Waals surface area contributed by atoms with Crippen molar-refractivity contribution in [1.29, 1.82) is 0 Å². The summed E-state index contributed by atoms with van der Waals surface area (Å²) >= 11 is 1.75. The number of hydrogen-bond acceptors (Lipinski definition) is 3. The lowest BCUT2D eigenvalue weighted by Gasteiger charge is -1.98. The number of aromatic nitrogens is 1. The van der Waals surface area contributed by atoms with Gasteiger partial charge in [-0.2, -0.15) is 0 Å². The molecular weight excluding hydrogens is 252 g/mol. The van der Waals surface area contributed by atoms with E-state index >= 15 is 0 Å². The van der Waals surface area contributed by atoms with Crippen LogP contribution in [0.4, 0.5) is 5.69 Å². The van der Waals surface area contributed by atoms with Crippen LogP contribution in [0.25, 0.3) is 0 Å². The number of nitrogens with two attached hydrogens (primary N) is 1. The Morgan fingerprint density at radius 1 is 1.24 bits per heavy atom. The highest BCUT2D eigenvalue weighted by Gasteiger charge is 2.02. The van der Waals surface area contributed by atoms with E-state index in [2.05, 4.69) is 29.4 Å². The summed E-state index contributed by atoms with van der Waals surface area (Å²) in [6.07, 6.45) is 3.15. The minimum absolute atomic E-state index is 0. The summed E-state index contributed by atoms with van der Waals surface area (Å²) in [5.74, 6) is 0. The lowest BCUT2D eigenvalue weighted by Crippen LogP contribution is -1.90. The zero-order valence-corrected chi connectivity index (χ0v) is 11.5. The molecule has 0 spiro atoms. The minimum atomic E-state index is 0. The number of nitrogens with zero attached hydrogens (tertiary/aromatic N) is 1. The maximum Gasteiger partial charge on any atom is 0.0972 e. The first kappa shape index (κ1) is 14.0. The van der Waals surface area contributed by atoms with Crippen LogP contribution in [0.15, 0.2) is 29.6 Å². The van der Waals surface area contributed by atoms with Gasteiger partial charge in [-0.15, -0.1) is 23.7 Å². The number of rotatable bonds is 4. The topological polar surface area (TPSA) is 38.9 Å². The summed E-state index contributed by atoms with van der Waals surface area (Å²) < 4.78 is 0. The van der Waals surface area contributed by atoms with Gasteiger partial charge in [0.05, 0.1) is 10.7 Å². The zero-order chi connectivity index (χ0) is 11.4. The summed E-state index contributed by atoms with van der Waals surface area (Å²) in [4.78, 5) is 4.60. The molecule has 2 nitrogen and oxygen atoms in total. The fraction of sp³-hybridized carbons (Fsp3) is 0.308. The van der Waals surface area contributed by atoms with Gasteiger partial charge in [-0.1, -0.05) is 25.5 Å². The number of nitrogen functional groups attached to an aromatic ring is 1. The molecule has 1 aromatic heterocycles. The highest BCUT2D eigenvalue weighted by Crippen LogP contribution is 2.16. The largest absolute Gasteiger partial charge is 0.399 e. The van der Waals surface area contributed by atoms with E-state index in [1.54, 1.807) is 11.3 Å². The second-order valence-corrected chi connectivity index (χ2v) is 4.84. The van der Waals surface area contributed by atoms with Gasteiger partial charge in [0.2, 0.25) is 0 Å². The molecule has 1 heterocycles. The molecule has 0 aliphatic rings. The van der Waals surface area contributed by atoms with Crippen LogP contribution in [0.1, 0.15) is 29.6 Å². The molecule has 0 saturated heterocycles. The molecule has 0 saturated carbocycles. The van der Waals surface area contributed by atoms with Gasteiger partial charge in [0, 0.05) is 17.5 Å². The summed E-state index contributed by atoms with van der Waals surface area (Å²) in [5, 5.41) is 3.35. The molecule has 2 aromatic rings. The van der Waals surface area contributed by atoms with Crippen LogP contribution in [0.5, 0.6) is 0 Å². The fourth-order valence-electron chi connectivity index (χ4n) is 1.61. The molecule has 0 unspecified atom stereocenters. The number of benzene rings is 1. The summed E-state index contributed by atoms with van der Waals surface area (Å²) in [7, 11) is 0. The van der Waals surface area contributed by atoms with Crippen molar-refractivity contribution in [2.24, 2.45) is 0 Å². The molecule has 4 heteroatoms. The number of anilines is 1. The van der Waals surface area contributed by atoms with Crippen molar-refractivity contribution in [2.45, 2.75) is 26.2 Å². The predicted molar refractivity (Wildman–Crippen MR) is 77.0 cm³/mol. The molecule has 2 N–H and O–H groups in total. The lowest BCUT2D eigenvalue weighted by molar-refractivity contribution is 0.883. The van der Waals surface area contributed by atoms with E-state index in [4.69, 9.17) is 5.73 Å². The smallest absolute Gasteiger partial charge is 0.0972 e. The molecule has 17 heavy (non-hydrogen) atoms. The molecular formula is C13H17ClN2S. The van der Waals surface area contributed by atoms with Gasteiger partial charge >= 0.3 is 0 Å². The van der Waals surface area contributed by atoms with Gasteiger partial charge in [-0.25, -0.2) is 4.98 Å². The van der Waals surface area contributed by atoms with E-state index in [-0.39, 0.29) is 12.4 Å². The van der Waals surface area contributed by atoms with Gasteiger partial charge in [-0.05, 0) is 24.1 Å². The zero-order valence-electron chi connectivity index (χ0n) is 9.85. The molecule has 0 aliphatic carbocycles. The van der Waals surface area contributed by atoms with E-state index in [9.17, 15) is 0 Å². The van der Waals surface area contributed by atoms with Gasteiger partial charge in [0.15, 0.2) is 0 Å². The van der Waals surface area contributed by atoms with Crippen molar-refractivity contribution in [1.82, 2.24) is 4.98 Å². The fourth-order valence-corrected chi connectivity index (χ4v) is 2.47. The molecule has 0 aliphatic heterocycles. The van der Waals surface area contributed by atoms with E-state index in [0.29, 0.717) is 0 Å². The number of hydrogen-bond donors (Lipinski definition) is 1. The first-order valence-electron chi connectivity index (χ1n) is 5.55. The maximum absolute atomic E-state index is 5.65. The van der Waals surface area contributed by atoms with E-state index in [1.165, 1.54) is 16.3 Å². The standard InChI is InChI=1S/C13H16N2S.ClH/c1-2-3-12-9-16-13(15-12)8-10-4-6-11(14)7-5-10;/h4-7,9H,2-3,8,14H2,1H3;1H. The Labute approximate surface area is 112 Å². The summed E-state index contributed by atoms with van der Waals surface area (Å²) in [6, 6.07) is 8.01. The lowest BCUT2D eigenvalue weighted by atomic mass is 10.1. The van der Waals surface area contributed by atoms with Crippen molar-refractivity contribution in [3.63, 3.8) is 0 Å². The summed E-state index contributed by atoms with van der Waals surface area (Å²) in [5.41, 5.74) is 8.96. The number of halogens is 1. The molecule has 0 bridgehead atoms. The third-order valence-electron chi connectivity index (χ3n) is 2.44. The molecule has 0 atom stereocenters. The van der Waals surface area contributed by atoms with Crippen molar-refractivity contribution in [2.75, 3.05) is 5.73 Å². The van der Waals surface area contributed by atoms with Crippen molar-refractivity contribution in [3.8, 4) is 0 Å².